The van der Waals surface area contributed by atoms with E-state index in [4.69, 9.17) is 10.5 Å². The van der Waals surface area contributed by atoms with Gasteiger partial charge in [-0.3, -0.25) is 4.98 Å². The monoisotopic (exact) mass is 509 g/mol. The molecule has 2 aliphatic heterocycles. The normalized spacial score (nSPS) is 21.2. The summed E-state index contributed by atoms with van der Waals surface area (Å²) in [5.74, 6) is -0.996. The number of benzene rings is 1. The smallest absolute Gasteiger partial charge is 0.229 e. The zero-order valence-electron chi connectivity index (χ0n) is 20.2. The first kappa shape index (κ1) is 23.7. The number of ether oxygens (including phenoxy) is 1. The van der Waals surface area contributed by atoms with Gasteiger partial charge in [0.1, 0.15) is 11.6 Å². The number of halogens is 3. The molecule has 8 nitrogen and oxygen atoms in total. The highest BCUT2D eigenvalue weighted by atomic mass is 19.1. The molecule has 0 saturated carbocycles. The number of fused-ring (bicyclic) bond motifs is 1. The second kappa shape index (κ2) is 9.00. The summed E-state index contributed by atoms with van der Waals surface area (Å²) in [7, 11) is 0. The first-order chi connectivity index (χ1) is 17.8. The number of aromatic nitrogens is 4. The molecular formula is C26H26F3N7O. The van der Waals surface area contributed by atoms with E-state index in [1.54, 1.807) is 24.7 Å². The Morgan fingerprint density at radius 2 is 1.89 bits per heavy atom. The summed E-state index contributed by atoms with van der Waals surface area (Å²) in [5.41, 5.74) is 6.27. The first-order valence-electron chi connectivity index (χ1n) is 12.1. The summed E-state index contributed by atoms with van der Waals surface area (Å²) in [6, 6.07) is 7.17. The van der Waals surface area contributed by atoms with Gasteiger partial charge >= 0.3 is 0 Å². The van der Waals surface area contributed by atoms with Crippen LogP contribution in [-0.2, 0) is 10.4 Å². The maximum absolute atomic E-state index is 15.0. The predicted molar refractivity (Wildman–Crippen MR) is 133 cm³/mol. The van der Waals surface area contributed by atoms with Crippen molar-refractivity contribution in [2.24, 2.45) is 11.7 Å². The molecule has 1 aromatic carbocycles. The van der Waals surface area contributed by atoms with Gasteiger partial charge in [-0.05, 0) is 48.2 Å². The number of imidazole rings is 1. The van der Waals surface area contributed by atoms with E-state index in [9.17, 15) is 4.39 Å². The van der Waals surface area contributed by atoms with Gasteiger partial charge in [-0.15, -0.1) is 0 Å². The summed E-state index contributed by atoms with van der Waals surface area (Å²) in [5, 5.41) is 7.72. The van der Waals surface area contributed by atoms with Crippen molar-refractivity contribution < 1.29 is 17.9 Å². The van der Waals surface area contributed by atoms with Crippen LogP contribution < -0.4 is 16.0 Å². The quantitative estimate of drug-likeness (QED) is 0.417. The van der Waals surface area contributed by atoms with Crippen LogP contribution in [0, 0.1) is 17.6 Å². The molecule has 0 radical (unpaired) electrons. The number of anilines is 3. The number of rotatable bonds is 5. The van der Waals surface area contributed by atoms with Gasteiger partial charge in [-0.1, -0.05) is 6.92 Å². The SMILES string of the molecule is CC1CC(N)CN(c2ccncc2Nc2ncc3ccc(-c4c(F)cc(C5(F)COC5)cc4F)nn23)C1. The number of piperidine rings is 1. The molecule has 2 aliphatic rings. The molecule has 0 amide bonds. The topological polar surface area (TPSA) is 93.6 Å². The molecule has 3 N–H and O–H groups in total. The fourth-order valence-electron chi connectivity index (χ4n) is 5.10. The number of alkyl halides is 1. The minimum atomic E-state index is -1.88. The second-order valence-corrected chi connectivity index (χ2v) is 9.93. The third-order valence-electron chi connectivity index (χ3n) is 6.94. The second-order valence-electron chi connectivity index (χ2n) is 9.93. The minimum Gasteiger partial charge on any atom is -0.374 e. The molecule has 6 rings (SSSR count). The Morgan fingerprint density at radius 1 is 1.11 bits per heavy atom. The van der Waals surface area contributed by atoms with Gasteiger partial charge in [0.2, 0.25) is 5.95 Å². The van der Waals surface area contributed by atoms with Gasteiger partial charge in [0.25, 0.3) is 0 Å². The average Bonchev–Trinajstić information content (AvgIpc) is 3.24. The van der Waals surface area contributed by atoms with Crippen molar-refractivity contribution in [1.29, 1.82) is 0 Å². The lowest BCUT2D eigenvalue weighted by Crippen LogP contribution is -2.46. The Balaban J connectivity index is 1.35. The Bertz CT molecular complexity index is 1440. The average molecular weight is 510 g/mol. The highest BCUT2D eigenvalue weighted by molar-refractivity contribution is 5.74. The van der Waals surface area contributed by atoms with Crippen LogP contribution in [0.15, 0.2) is 48.9 Å². The maximum atomic E-state index is 15.0. The predicted octanol–water partition coefficient (Wildman–Crippen LogP) is 4.18. The lowest BCUT2D eigenvalue weighted by atomic mass is 9.92. The van der Waals surface area contributed by atoms with E-state index in [2.05, 4.69) is 32.2 Å². The summed E-state index contributed by atoms with van der Waals surface area (Å²) < 4.78 is 51.1. The van der Waals surface area contributed by atoms with Crippen molar-refractivity contribution in [2.45, 2.75) is 25.1 Å². The number of nitrogens with one attached hydrogen (secondary N) is 1. The van der Waals surface area contributed by atoms with Crippen molar-refractivity contribution in [3.63, 3.8) is 0 Å². The van der Waals surface area contributed by atoms with E-state index in [0.717, 1.165) is 30.8 Å². The lowest BCUT2D eigenvalue weighted by Gasteiger charge is -2.37. The summed E-state index contributed by atoms with van der Waals surface area (Å²) >= 11 is 0. The van der Waals surface area contributed by atoms with Crippen LogP contribution in [-0.4, -0.2) is 51.9 Å². The molecule has 11 heteroatoms. The molecule has 3 aromatic heterocycles. The van der Waals surface area contributed by atoms with Crippen LogP contribution >= 0.6 is 0 Å². The van der Waals surface area contributed by atoms with Crippen LogP contribution in [0.5, 0.6) is 0 Å². The summed E-state index contributed by atoms with van der Waals surface area (Å²) in [6.45, 7) is 3.30. The van der Waals surface area contributed by atoms with Crippen LogP contribution in [0.3, 0.4) is 0 Å². The zero-order valence-corrected chi connectivity index (χ0v) is 20.2. The van der Waals surface area contributed by atoms with Gasteiger partial charge in [-0.2, -0.15) is 9.61 Å². The van der Waals surface area contributed by atoms with Crippen molar-refractivity contribution in [3.8, 4) is 11.3 Å². The van der Waals surface area contributed by atoms with Gasteiger partial charge in [0, 0.05) is 25.3 Å². The van der Waals surface area contributed by atoms with E-state index >= 15 is 8.78 Å². The van der Waals surface area contributed by atoms with Crippen LogP contribution in [0.4, 0.5) is 30.5 Å². The molecule has 192 valence electrons. The molecular weight excluding hydrogens is 483 g/mol. The fourth-order valence-corrected chi connectivity index (χ4v) is 5.10. The molecule has 0 bridgehead atoms. The molecule has 2 fully saturated rings. The van der Waals surface area contributed by atoms with Gasteiger partial charge in [0.15, 0.2) is 5.67 Å². The Labute approximate surface area is 211 Å². The van der Waals surface area contributed by atoms with E-state index in [-0.39, 0.29) is 36.1 Å². The number of pyridine rings is 1. The maximum Gasteiger partial charge on any atom is 0.229 e. The van der Waals surface area contributed by atoms with Gasteiger partial charge < -0.3 is 20.7 Å². The summed E-state index contributed by atoms with van der Waals surface area (Å²) in [4.78, 5) is 10.9. The van der Waals surface area contributed by atoms with Crippen LogP contribution in [0.25, 0.3) is 16.8 Å². The third-order valence-corrected chi connectivity index (χ3v) is 6.94. The standard InChI is InChI=1S/C26H26F3N7O/c1-15-6-17(30)12-35(11-15)23-4-5-31-10-22(23)33-25-32-9-18-2-3-21(34-36(18)25)24-19(27)7-16(8-20(24)28)26(29)13-37-14-26/h2-5,7-10,15,17H,6,11-14,30H2,1H3,(H,32,33). The molecule has 4 aromatic rings. The van der Waals surface area contributed by atoms with Crippen molar-refractivity contribution in [3.05, 3.63) is 66.1 Å². The van der Waals surface area contributed by atoms with Crippen molar-refractivity contribution in [1.82, 2.24) is 19.6 Å². The molecule has 2 unspecified atom stereocenters. The van der Waals surface area contributed by atoms with Crippen LogP contribution in [0.1, 0.15) is 18.9 Å². The molecule has 0 aliphatic carbocycles. The van der Waals surface area contributed by atoms with Gasteiger partial charge in [0.05, 0.1) is 53.8 Å². The van der Waals surface area contributed by atoms with E-state index in [1.165, 1.54) is 10.6 Å². The van der Waals surface area contributed by atoms with Gasteiger partial charge in [-0.25, -0.2) is 18.2 Å². The highest BCUT2D eigenvalue weighted by Crippen LogP contribution is 2.37. The Hall–Kier alpha value is -3.70. The van der Waals surface area contributed by atoms with E-state index < -0.39 is 17.3 Å². The Kier molecular flexibility index (Phi) is 5.76. The molecule has 37 heavy (non-hydrogen) atoms. The highest BCUT2D eigenvalue weighted by Gasteiger charge is 2.41. The molecule has 5 heterocycles. The van der Waals surface area contributed by atoms with E-state index in [1.807, 2.05) is 6.07 Å². The fraction of sp³-hybridized carbons (Fsp3) is 0.346. The molecule has 2 saturated heterocycles. The lowest BCUT2D eigenvalue weighted by molar-refractivity contribution is -0.135. The van der Waals surface area contributed by atoms with Crippen molar-refractivity contribution in [2.75, 3.05) is 36.5 Å². The Morgan fingerprint density at radius 3 is 2.59 bits per heavy atom. The van der Waals surface area contributed by atoms with Crippen molar-refractivity contribution >= 4 is 22.8 Å². The molecule has 2 atom stereocenters. The number of hydrogen-bond donors (Lipinski definition) is 2. The number of nitrogens with two attached hydrogens (primary N) is 1. The first-order valence-corrected chi connectivity index (χ1v) is 12.1. The third kappa shape index (κ3) is 4.27. The van der Waals surface area contributed by atoms with Crippen LogP contribution in [0.2, 0.25) is 0 Å². The minimum absolute atomic E-state index is 0.0510. The largest absolute Gasteiger partial charge is 0.374 e. The number of hydrogen-bond acceptors (Lipinski definition) is 7. The zero-order chi connectivity index (χ0) is 25.7. The number of nitrogens with zero attached hydrogens (tertiary/aromatic N) is 5. The molecule has 0 spiro atoms. The van der Waals surface area contributed by atoms with E-state index in [0.29, 0.717) is 29.6 Å². The summed E-state index contributed by atoms with van der Waals surface area (Å²) in [6.07, 6.45) is 5.99.